The Morgan fingerprint density at radius 3 is 2.63 bits per heavy atom. The first-order chi connectivity index (χ1) is 9.13. The van der Waals surface area contributed by atoms with Crippen LogP contribution in [0.3, 0.4) is 0 Å². The molecule has 0 atom stereocenters. The second-order valence-electron chi connectivity index (χ2n) is 5.52. The van der Waals surface area contributed by atoms with Crippen LogP contribution in [-0.4, -0.2) is 54.5 Å². The molecule has 0 spiro atoms. The molecule has 1 aliphatic rings. The van der Waals surface area contributed by atoms with Gasteiger partial charge in [0.05, 0.1) is 5.69 Å². The van der Waals surface area contributed by atoms with Crippen LogP contribution in [0, 0.1) is 6.92 Å². The lowest BCUT2D eigenvalue weighted by atomic mass is 10.1. The standard InChI is InChI=1S/C14H27N5/c1-12-13(6-7-15)14(18(3)16-12)17(2)10-11-19-8-4-5-9-19/h4-11,15H2,1-3H3. The predicted octanol–water partition coefficient (Wildman–Crippen LogP) is 0.762. The van der Waals surface area contributed by atoms with Gasteiger partial charge in [-0.05, 0) is 45.8 Å². The number of nitrogens with two attached hydrogens (primary N) is 1. The third-order valence-corrected chi connectivity index (χ3v) is 4.02. The molecule has 5 nitrogen and oxygen atoms in total. The molecular weight excluding hydrogens is 238 g/mol. The van der Waals surface area contributed by atoms with Gasteiger partial charge in [-0.2, -0.15) is 5.10 Å². The number of rotatable bonds is 6. The Balaban J connectivity index is 2.02. The van der Waals surface area contributed by atoms with Crippen molar-refractivity contribution in [3.8, 4) is 0 Å². The molecule has 0 unspecified atom stereocenters. The summed E-state index contributed by atoms with van der Waals surface area (Å²) in [6.45, 7) is 7.46. The summed E-state index contributed by atoms with van der Waals surface area (Å²) in [5, 5.41) is 4.54. The Morgan fingerprint density at radius 1 is 1.32 bits per heavy atom. The molecular formula is C14H27N5. The highest BCUT2D eigenvalue weighted by Crippen LogP contribution is 2.22. The number of hydrogen-bond donors (Lipinski definition) is 1. The van der Waals surface area contributed by atoms with E-state index in [-0.39, 0.29) is 0 Å². The maximum Gasteiger partial charge on any atom is 0.129 e. The summed E-state index contributed by atoms with van der Waals surface area (Å²) in [5.41, 5.74) is 8.12. The normalized spacial score (nSPS) is 16.2. The molecule has 1 aliphatic heterocycles. The van der Waals surface area contributed by atoms with E-state index in [9.17, 15) is 0 Å². The van der Waals surface area contributed by atoms with E-state index in [2.05, 4.69) is 28.9 Å². The molecule has 0 aliphatic carbocycles. The smallest absolute Gasteiger partial charge is 0.129 e. The lowest BCUT2D eigenvalue weighted by molar-refractivity contribution is 0.346. The molecule has 0 amide bonds. The van der Waals surface area contributed by atoms with E-state index in [4.69, 9.17) is 5.73 Å². The zero-order valence-electron chi connectivity index (χ0n) is 12.5. The van der Waals surface area contributed by atoms with Gasteiger partial charge in [-0.15, -0.1) is 0 Å². The highest BCUT2D eigenvalue weighted by Gasteiger charge is 2.17. The van der Waals surface area contributed by atoms with Gasteiger partial charge < -0.3 is 15.5 Å². The van der Waals surface area contributed by atoms with Crippen molar-refractivity contribution < 1.29 is 0 Å². The zero-order chi connectivity index (χ0) is 13.8. The lowest BCUT2D eigenvalue weighted by Gasteiger charge is -2.24. The van der Waals surface area contributed by atoms with Gasteiger partial charge in [-0.1, -0.05) is 0 Å². The van der Waals surface area contributed by atoms with Crippen molar-refractivity contribution in [1.82, 2.24) is 14.7 Å². The average Bonchev–Trinajstić information content (AvgIpc) is 2.96. The topological polar surface area (TPSA) is 50.3 Å². The minimum absolute atomic E-state index is 0.680. The lowest BCUT2D eigenvalue weighted by Crippen LogP contribution is -2.32. The molecule has 108 valence electrons. The van der Waals surface area contributed by atoms with Gasteiger partial charge in [0.1, 0.15) is 5.82 Å². The number of anilines is 1. The number of likely N-dealkylation sites (N-methyl/N-ethyl adjacent to an activating group) is 1. The maximum atomic E-state index is 5.72. The van der Waals surface area contributed by atoms with Gasteiger partial charge in [-0.3, -0.25) is 4.68 Å². The number of nitrogens with zero attached hydrogens (tertiary/aromatic N) is 4. The van der Waals surface area contributed by atoms with Crippen molar-refractivity contribution in [2.45, 2.75) is 26.2 Å². The molecule has 19 heavy (non-hydrogen) atoms. The molecule has 2 rings (SSSR count). The number of aromatic nitrogens is 2. The fraction of sp³-hybridized carbons (Fsp3) is 0.786. The van der Waals surface area contributed by atoms with Crippen LogP contribution in [0.2, 0.25) is 0 Å². The minimum atomic E-state index is 0.680. The Bertz CT molecular complexity index is 406. The van der Waals surface area contributed by atoms with Crippen molar-refractivity contribution in [3.63, 3.8) is 0 Å². The van der Waals surface area contributed by atoms with Crippen LogP contribution in [-0.2, 0) is 13.5 Å². The number of likely N-dealkylation sites (tertiary alicyclic amines) is 1. The van der Waals surface area contributed by atoms with Crippen LogP contribution in [0.4, 0.5) is 5.82 Å². The summed E-state index contributed by atoms with van der Waals surface area (Å²) >= 11 is 0. The monoisotopic (exact) mass is 265 g/mol. The second kappa shape index (κ2) is 6.39. The molecule has 1 aromatic heterocycles. The Morgan fingerprint density at radius 2 is 2.00 bits per heavy atom. The fourth-order valence-electron chi connectivity index (χ4n) is 3.01. The van der Waals surface area contributed by atoms with Crippen LogP contribution in [0.1, 0.15) is 24.1 Å². The van der Waals surface area contributed by atoms with Gasteiger partial charge in [0, 0.05) is 32.7 Å². The summed E-state index contributed by atoms with van der Waals surface area (Å²) in [4.78, 5) is 4.87. The molecule has 1 aromatic rings. The highest BCUT2D eigenvalue weighted by molar-refractivity contribution is 5.49. The first kappa shape index (κ1) is 14.3. The Kier molecular flexibility index (Phi) is 4.82. The van der Waals surface area contributed by atoms with E-state index in [0.29, 0.717) is 6.54 Å². The predicted molar refractivity (Wildman–Crippen MR) is 79.6 cm³/mol. The van der Waals surface area contributed by atoms with Gasteiger partial charge in [0.25, 0.3) is 0 Å². The van der Waals surface area contributed by atoms with Gasteiger partial charge >= 0.3 is 0 Å². The van der Waals surface area contributed by atoms with Crippen molar-refractivity contribution >= 4 is 5.82 Å². The van der Waals surface area contributed by atoms with Gasteiger partial charge in [0.15, 0.2) is 0 Å². The summed E-state index contributed by atoms with van der Waals surface area (Å²) in [6.07, 6.45) is 3.61. The third kappa shape index (κ3) is 3.28. The molecule has 1 fully saturated rings. The number of hydrogen-bond acceptors (Lipinski definition) is 4. The van der Waals surface area contributed by atoms with E-state index in [0.717, 1.165) is 25.2 Å². The summed E-state index contributed by atoms with van der Waals surface area (Å²) in [6, 6.07) is 0. The summed E-state index contributed by atoms with van der Waals surface area (Å²) in [5.74, 6) is 1.22. The average molecular weight is 265 g/mol. The van der Waals surface area contributed by atoms with Crippen molar-refractivity contribution in [2.24, 2.45) is 12.8 Å². The molecule has 1 saturated heterocycles. The second-order valence-corrected chi connectivity index (χ2v) is 5.52. The van der Waals surface area contributed by atoms with E-state index in [1.54, 1.807) is 0 Å². The van der Waals surface area contributed by atoms with Crippen LogP contribution in [0.15, 0.2) is 0 Å². The van der Waals surface area contributed by atoms with Crippen molar-refractivity contribution in [1.29, 1.82) is 0 Å². The van der Waals surface area contributed by atoms with E-state index in [1.165, 1.54) is 37.3 Å². The van der Waals surface area contributed by atoms with Crippen LogP contribution >= 0.6 is 0 Å². The van der Waals surface area contributed by atoms with E-state index >= 15 is 0 Å². The van der Waals surface area contributed by atoms with Crippen LogP contribution < -0.4 is 10.6 Å². The molecule has 0 aromatic carbocycles. The quantitative estimate of drug-likeness (QED) is 0.825. The Labute approximate surface area is 116 Å². The molecule has 0 bridgehead atoms. The van der Waals surface area contributed by atoms with Gasteiger partial charge in [-0.25, -0.2) is 0 Å². The fourth-order valence-corrected chi connectivity index (χ4v) is 3.01. The van der Waals surface area contributed by atoms with E-state index < -0.39 is 0 Å². The Hall–Kier alpha value is -1.07. The molecule has 2 heterocycles. The highest BCUT2D eigenvalue weighted by atomic mass is 15.4. The third-order valence-electron chi connectivity index (χ3n) is 4.02. The minimum Gasteiger partial charge on any atom is -0.358 e. The molecule has 0 saturated carbocycles. The van der Waals surface area contributed by atoms with Crippen molar-refractivity contribution in [2.75, 3.05) is 44.7 Å². The SMILES string of the molecule is Cc1nn(C)c(N(C)CCN2CCCC2)c1CCN. The molecule has 2 N–H and O–H groups in total. The van der Waals surface area contributed by atoms with Crippen LogP contribution in [0.25, 0.3) is 0 Å². The maximum absolute atomic E-state index is 5.72. The zero-order valence-corrected chi connectivity index (χ0v) is 12.5. The first-order valence-electron chi connectivity index (χ1n) is 7.29. The van der Waals surface area contributed by atoms with Crippen molar-refractivity contribution in [3.05, 3.63) is 11.3 Å². The van der Waals surface area contributed by atoms with Gasteiger partial charge in [0.2, 0.25) is 0 Å². The van der Waals surface area contributed by atoms with E-state index in [1.807, 2.05) is 11.7 Å². The number of aryl methyl sites for hydroxylation is 2. The first-order valence-corrected chi connectivity index (χ1v) is 7.29. The summed E-state index contributed by atoms with van der Waals surface area (Å²) in [7, 11) is 4.18. The molecule has 0 radical (unpaired) electrons. The molecule has 5 heteroatoms. The largest absolute Gasteiger partial charge is 0.358 e. The van der Waals surface area contributed by atoms with Crippen LogP contribution in [0.5, 0.6) is 0 Å². The summed E-state index contributed by atoms with van der Waals surface area (Å²) < 4.78 is 1.99.